The molecule has 0 aliphatic carbocycles. The fourth-order valence-electron chi connectivity index (χ4n) is 1.62. The highest BCUT2D eigenvalue weighted by molar-refractivity contribution is 9.10. The van der Waals surface area contributed by atoms with Crippen molar-refractivity contribution in [1.82, 2.24) is 9.97 Å². The van der Waals surface area contributed by atoms with E-state index in [4.69, 9.17) is 4.74 Å². The van der Waals surface area contributed by atoms with Crippen LogP contribution in [-0.2, 0) is 6.54 Å². The maximum absolute atomic E-state index is 5.32. The largest absolute Gasteiger partial charge is 0.496 e. The van der Waals surface area contributed by atoms with Crippen LogP contribution in [0.1, 0.15) is 11.3 Å². The summed E-state index contributed by atoms with van der Waals surface area (Å²) >= 11 is 3.45. The zero-order valence-corrected chi connectivity index (χ0v) is 11.9. The average Bonchev–Trinajstić information content (AvgIpc) is 2.37. The summed E-state index contributed by atoms with van der Waals surface area (Å²) < 4.78 is 6.34. The predicted octanol–water partition coefficient (Wildman–Crippen LogP) is 3.17. The van der Waals surface area contributed by atoms with Gasteiger partial charge in [-0.1, -0.05) is 15.9 Å². The van der Waals surface area contributed by atoms with Gasteiger partial charge in [0.15, 0.2) is 0 Å². The smallest absolute Gasteiger partial charge is 0.145 e. The Bertz CT molecular complexity index is 546. The number of nitrogens with zero attached hydrogens (tertiary/aromatic N) is 2. The summed E-state index contributed by atoms with van der Waals surface area (Å²) in [6.07, 6.45) is 3.43. The van der Waals surface area contributed by atoms with Gasteiger partial charge in [-0.15, -0.1) is 0 Å². The lowest BCUT2D eigenvalue weighted by Crippen LogP contribution is -2.04. The summed E-state index contributed by atoms with van der Waals surface area (Å²) in [5.41, 5.74) is 1.95. The summed E-state index contributed by atoms with van der Waals surface area (Å²) in [6, 6.07) is 5.91. The molecule has 1 heterocycles. The van der Waals surface area contributed by atoms with Crippen LogP contribution in [0.5, 0.6) is 5.75 Å². The Balaban J connectivity index is 2.12. The molecule has 0 radical (unpaired) electrons. The zero-order valence-electron chi connectivity index (χ0n) is 10.3. The van der Waals surface area contributed by atoms with Crippen molar-refractivity contribution in [3.63, 3.8) is 0 Å². The highest BCUT2D eigenvalue weighted by Crippen LogP contribution is 2.23. The Morgan fingerprint density at radius 2 is 2.17 bits per heavy atom. The van der Waals surface area contributed by atoms with Crippen LogP contribution < -0.4 is 10.1 Å². The van der Waals surface area contributed by atoms with Gasteiger partial charge < -0.3 is 10.1 Å². The number of hydrogen-bond acceptors (Lipinski definition) is 4. The molecule has 0 spiro atoms. The molecule has 0 saturated carbocycles. The molecule has 18 heavy (non-hydrogen) atoms. The van der Waals surface area contributed by atoms with Crippen LogP contribution in [0, 0.1) is 6.92 Å². The average molecular weight is 308 g/mol. The number of halogens is 1. The van der Waals surface area contributed by atoms with E-state index in [1.54, 1.807) is 19.5 Å². The first-order valence-electron chi connectivity index (χ1n) is 5.54. The van der Waals surface area contributed by atoms with E-state index in [1.807, 2.05) is 25.1 Å². The first kappa shape index (κ1) is 12.8. The highest BCUT2D eigenvalue weighted by Gasteiger charge is 2.04. The number of anilines is 1. The molecule has 2 rings (SSSR count). The van der Waals surface area contributed by atoms with Gasteiger partial charge in [0, 0.05) is 22.8 Å². The van der Waals surface area contributed by atoms with Crippen molar-refractivity contribution in [2.75, 3.05) is 12.4 Å². The van der Waals surface area contributed by atoms with Crippen molar-refractivity contribution in [3.8, 4) is 5.75 Å². The lowest BCUT2D eigenvalue weighted by atomic mass is 10.2. The van der Waals surface area contributed by atoms with E-state index in [2.05, 4.69) is 31.2 Å². The number of ether oxygens (including phenoxy) is 1. The van der Waals surface area contributed by atoms with Gasteiger partial charge in [0.1, 0.15) is 11.6 Å². The van der Waals surface area contributed by atoms with E-state index in [0.717, 1.165) is 27.3 Å². The second-order valence-electron chi connectivity index (χ2n) is 3.86. The van der Waals surface area contributed by atoms with Crippen LogP contribution in [-0.4, -0.2) is 17.1 Å². The first-order valence-corrected chi connectivity index (χ1v) is 6.33. The van der Waals surface area contributed by atoms with Gasteiger partial charge in [0.2, 0.25) is 0 Å². The topological polar surface area (TPSA) is 47.0 Å². The fraction of sp³-hybridized carbons (Fsp3) is 0.231. The van der Waals surface area contributed by atoms with Crippen molar-refractivity contribution in [2.45, 2.75) is 13.5 Å². The molecular formula is C13H14BrN3O. The third-order valence-electron chi connectivity index (χ3n) is 2.46. The summed E-state index contributed by atoms with van der Waals surface area (Å²) in [5, 5.41) is 3.23. The maximum atomic E-state index is 5.32. The normalized spacial score (nSPS) is 10.2. The molecule has 5 heteroatoms. The molecule has 2 aromatic rings. The summed E-state index contributed by atoms with van der Waals surface area (Å²) in [7, 11) is 1.67. The van der Waals surface area contributed by atoms with Gasteiger partial charge in [-0.25, -0.2) is 4.98 Å². The lowest BCUT2D eigenvalue weighted by Gasteiger charge is -2.10. The van der Waals surface area contributed by atoms with E-state index in [0.29, 0.717) is 6.54 Å². The SMILES string of the molecule is COc1ccc(Br)cc1CNc1cncc(C)n1. The van der Waals surface area contributed by atoms with E-state index in [9.17, 15) is 0 Å². The van der Waals surface area contributed by atoms with Gasteiger partial charge in [-0.3, -0.25) is 4.98 Å². The van der Waals surface area contributed by atoms with Gasteiger partial charge >= 0.3 is 0 Å². The lowest BCUT2D eigenvalue weighted by molar-refractivity contribution is 0.410. The van der Waals surface area contributed by atoms with Crippen LogP contribution in [0.2, 0.25) is 0 Å². The van der Waals surface area contributed by atoms with E-state index in [-0.39, 0.29) is 0 Å². The molecule has 4 nitrogen and oxygen atoms in total. The van der Waals surface area contributed by atoms with Gasteiger partial charge in [-0.05, 0) is 25.1 Å². The van der Waals surface area contributed by atoms with Crippen molar-refractivity contribution in [2.24, 2.45) is 0 Å². The summed E-state index contributed by atoms with van der Waals surface area (Å²) in [6.45, 7) is 2.55. The molecule has 0 atom stereocenters. The third-order valence-corrected chi connectivity index (χ3v) is 2.95. The Kier molecular flexibility index (Phi) is 4.15. The Hall–Kier alpha value is -1.62. The number of aryl methyl sites for hydroxylation is 1. The highest BCUT2D eigenvalue weighted by atomic mass is 79.9. The van der Waals surface area contributed by atoms with E-state index >= 15 is 0 Å². The van der Waals surface area contributed by atoms with Crippen LogP contribution >= 0.6 is 15.9 Å². The minimum absolute atomic E-state index is 0.640. The van der Waals surface area contributed by atoms with Crippen molar-refractivity contribution < 1.29 is 4.74 Å². The Morgan fingerprint density at radius 3 is 2.89 bits per heavy atom. The van der Waals surface area contributed by atoms with Gasteiger partial charge in [-0.2, -0.15) is 0 Å². The fourth-order valence-corrected chi connectivity index (χ4v) is 2.03. The van der Waals surface area contributed by atoms with Gasteiger partial charge in [0.25, 0.3) is 0 Å². The van der Waals surface area contributed by atoms with Crippen LogP contribution in [0.15, 0.2) is 35.1 Å². The number of rotatable bonds is 4. The quantitative estimate of drug-likeness (QED) is 0.942. The minimum atomic E-state index is 0.640. The minimum Gasteiger partial charge on any atom is -0.496 e. The molecule has 1 aromatic carbocycles. The number of methoxy groups -OCH3 is 1. The molecular weight excluding hydrogens is 294 g/mol. The van der Waals surface area contributed by atoms with Gasteiger partial charge in [0.05, 0.1) is 19.0 Å². The number of aromatic nitrogens is 2. The molecule has 0 amide bonds. The molecule has 0 bridgehead atoms. The molecule has 1 N–H and O–H groups in total. The monoisotopic (exact) mass is 307 g/mol. The summed E-state index contributed by atoms with van der Waals surface area (Å²) in [4.78, 5) is 8.43. The first-order chi connectivity index (χ1) is 8.69. The standard InChI is InChI=1S/C13H14BrN3O/c1-9-6-15-8-13(17-9)16-7-10-5-11(14)3-4-12(10)18-2/h3-6,8H,7H2,1-2H3,(H,16,17). The molecule has 0 aliphatic heterocycles. The maximum Gasteiger partial charge on any atom is 0.145 e. The molecule has 1 aromatic heterocycles. The number of hydrogen-bond donors (Lipinski definition) is 1. The number of nitrogens with one attached hydrogen (secondary N) is 1. The molecule has 0 unspecified atom stereocenters. The zero-order chi connectivity index (χ0) is 13.0. The van der Waals surface area contributed by atoms with Crippen LogP contribution in [0.4, 0.5) is 5.82 Å². The Labute approximate surface area is 115 Å². The molecule has 0 aliphatic rings. The van der Waals surface area contributed by atoms with Crippen LogP contribution in [0.3, 0.4) is 0 Å². The van der Waals surface area contributed by atoms with E-state index in [1.165, 1.54) is 0 Å². The Morgan fingerprint density at radius 1 is 1.33 bits per heavy atom. The molecule has 0 saturated heterocycles. The second-order valence-corrected chi connectivity index (χ2v) is 4.77. The molecule has 0 fully saturated rings. The van der Waals surface area contributed by atoms with Crippen molar-refractivity contribution >= 4 is 21.7 Å². The van der Waals surface area contributed by atoms with E-state index < -0.39 is 0 Å². The predicted molar refractivity (Wildman–Crippen MR) is 74.8 cm³/mol. The van der Waals surface area contributed by atoms with Crippen molar-refractivity contribution in [1.29, 1.82) is 0 Å². The number of benzene rings is 1. The second kappa shape index (κ2) is 5.82. The summed E-state index contributed by atoms with van der Waals surface area (Å²) in [5.74, 6) is 1.61. The third kappa shape index (κ3) is 3.20. The van der Waals surface area contributed by atoms with Crippen LogP contribution in [0.25, 0.3) is 0 Å². The van der Waals surface area contributed by atoms with Crippen molar-refractivity contribution in [3.05, 3.63) is 46.3 Å². The molecule has 94 valence electrons.